The van der Waals surface area contributed by atoms with E-state index in [0.29, 0.717) is 11.2 Å². The van der Waals surface area contributed by atoms with Crippen LogP contribution in [0.3, 0.4) is 0 Å². The first-order valence-corrected chi connectivity index (χ1v) is 6.43. The van der Waals surface area contributed by atoms with Crippen molar-refractivity contribution in [1.82, 2.24) is 9.97 Å². The number of carboxylic acid groups (broad SMARTS) is 1. The average molecular weight is 325 g/mol. The van der Waals surface area contributed by atoms with Gasteiger partial charge in [0.05, 0.1) is 15.7 Å². The van der Waals surface area contributed by atoms with E-state index in [0.717, 1.165) is 0 Å². The van der Waals surface area contributed by atoms with Gasteiger partial charge in [0.1, 0.15) is 16.8 Å². The molecule has 5 nitrogen and oxygen atoms in total. The van der Waals surface area contributed by atoms with E-state index >= 15 is 0 Å². The Balaban J connectivity index is 2.87. The van der Waals surface area contributed by atoms with Crippen molar-refractivity contribution in [3.63, 3.8) is 0 Å². The van der Waals surface area contributed by atoms with Crippen LogP contribution in [0.5, 0.6) is 5.75 Å². The van der Waals surface area contributed by atoms with Gasteiger partial charge in [0.15, 0.2) is 0 Å². The van der Waals surface area contributed by atoms with Crippen molar-refractivity contribution >= 4 is 32.9 Å². The summed E-state index contributed by atoms with van der Waals surface area (Å²) in [6, 6.07) is 1.55. The Kier molecular flexibility index (Phi) is 3.22. The van der Waals surface area contributed by atoms with Crippen LogP contribution in [0.25, 0.3) is 11.0 Å². The average Bonchev–Trinajstić information content (AvgIpc) is 2.28. The maximum absolute atomic E-state index is 11.3. The first-order valence-electron chi connectivity index (χ1n) is 5.64. The van der Waals surface area contributed by atoms with E-state index in [4.69, 9.17) is 0 Å². The third-order valence-electron chi connectivity index (χ3n) is 2.75. The van der Waals surface area contributed by atoms with E-state index < -0.39 is 5.97 Å². The fraction of sp³-hybridized carbons (Fsp3) is 0.308. The number of rotatable bonds is 1. The highest BCUT2D eigenvalue weighted by Gasteiger charge is 2.22. The molecule has 0 bridgehead atoms. The predicted molar refractivity (Wildman–Crippen MR) is 74.6 cm³/mol. The molecule has 0 saturated heterocycles. The van der Waals surface area contributed by atoms with E-state index in [-0.39, 0.29) is 26.7 Å². The maximum atomic E-state index is 11.3. The zero-order valence-corrected chi connectivity index (χ0v) is 12.3. The fourth-order valence-electron chi connectivity index (χ4n) is 1.67. The van der Waals surface area contributed by atoms with Gasteiger partial charge in [-0.3, -0.25) is 4.98 Å². The van der Waals surface area contributed by atoms with Crippen LogP contribution in [0.1, 0.15) is 36.8 Å². The molecule has 0 fully saturated rings. The molecule has 0 unspecified atom stereocenters. The number of aromatic carboxylic acids is 1. The summed E-state index contributed by atoms with van der Waals surface area (Å²) in [5, 5.41) is 19.1. The monoisotopic (exact) mass is 324 g/mol. The number of hydrogen-bond donors (Lipinski definition) is 2. The minimum atomic E-state index is -1.23. The summed E-state index contributed by atoms with van der Waals surface area (Å²) in [7, 11) is 0. The Hall–Kier alpha value is -1.69. The highest BCUT2D eigenvalue weighted by Crippen LogP contribution is 2.34. The number of aromatic nitrogens is 2. The van der Waals surface area contributed by atoms with Gasteiger partial charge in [0, 0.05) is 11.6 Å². The van der Waals surface area contributed by atoms with Gasteiger partial charge in [0.25, 0.3) is 0 Å². The smallest absolute Gasteiger partial charge is 0.341 e. The Bertz CT molecular complexity index is 678. The molecule has 0 atom stereocenters. The third-order valence-corrected chi connectivity index (χ3v) is 3.35. The summed E-state index contributed by atoms with van der Waals surface area (Å²) in [6.45, 7) is 5.88. The quantitative estimate of drug-likeness (QED) is 0.842. The Morgan fingerprint density at radius 1 is 1.37 bits per heavy atom. The number of nitrogens with zero attached hydrogens (tertiary/aromatic N) is 2. The number of halogens is 1. The van der Waals surface area contributed by atoms with Gasteiger partial charge in [-0.1, -0.05) is 20.8 Å². The molecule has 1 aromatic carbocycles. The molecule has 1 aromatic heterocycles. The molecular weight excluding hydrogens is 312 g/mol. The molecule has 19 heavy (non-hydrogen) atoms. The molecule has 0 saturated carbocycles. The van der Waals surface area contributed by atoms with Crippen LogP contribution in [0, 0.1) is 0 Å². The molecule has 0 spiro atoms. The summed E-state index contributed by atoms with van der Waals surface area (Å²) < 4.78 is 0.287. The van der Waals surface area contributed by atoms with E-state index in [2.05, 4.69) is 25.9 Å². The van der Waals surface area contributed by atoms with Crippen molar-refractivity contribution in [3.05, 3.63) is 28.0 Å². The van der Waals surface area contributed by atoms with Crippen molar-refractivity contribution in [1.29, 1.82) is 0 Å². The largest absolute Gasteiger partial charge is 0.506 e. The van der Waals surface area contributed by atoms with Gasteiger partial charge in [-0.25, -0.2) is 9.78 Å². The SMILES string of the molecule is CC(C)(C)c1cnc2cc(Br)c(O)c(C(=O)O)c2n1. The second kappa shape index (κ2) is 4.45. The van der Waals surface area contributed by atoms with Crippen molar-refractivity contribution in [2.24, 2.45) is 0 Å². The molecule has 0 amide bonds. The Labute approximate surface area is 118 Å². The second-order valence-electron chi connectivity index (χ2n) is 5.26. The molecule has 0 aliphatic rings. The van der Waals surface area contributed by atoms with E-state index in [1.807, 2.05) is 20.8 Å². The maximum Gasteiger partial charge on any atom is 0.341 e. The standard InChI is InChI=1S/C13H13BrN2O3/c1-13(2,3)8-5-15-7-4-6(14)11(17)9(12(18)19)10(7)16-8/h4-5,17H,1-3H3,(H,18,19). The molecule has 6 heteroatoms. The third kappa shape index (κ3) is 2.40. The van der Waals surface area contributed by atoms with Gasteiger partial charge in [-0.05, 0) is 22.0 Å². The fourth-order valence-corrected chi connectivity index (χ4v) is 2.09. The minimum absolute atomic E-state index is 0.195. The predicted octanol–water partition coefficient (Wildman–Crippen LogP) is 3.09. The normalized spacial score (nSPS) is 11.8. The van der Waals surface area contributed by atoms with E-state index in [1.165, 1.54) is 0 Å². The van der Waals surface area contributed by atoms with Crippen LogP contribution in [0.15, 0.2) is 16.7 Å². The first-order chi connectivity index (χ1) is 8.71. The lowest BCUT2D eigenvalue weighted by Crippen LogP contribution is -2.15. The van der Waals surface area contributed by atoms with Gasteiger partial charge < -0.3 is 10.2 Å². The topological polar surface area (TPSA) is 83.3 Å². The van der Waals surface area contributed by atoms with Crippen LogP contribution in [0.2, 0.25) is 0 Å². The molecule has 100 valence electrons. The van der Waals surface area contributed by atoms with Crippen LogP contribution >= 0.6 is 15.9 Å². The van der Waals surface area contributed by atoms with Crippen LogP contribution in [0.4, 0.5) is 0 Å². The number of phenols is 1. The minimum Gasteiger partial charge on any atom is -0.506 e. The number of aromatic hydroxyl groups is 1. The summed E-state index contributed by atoms with van der Waals surface area (Å²) in [4.78, 5) is 19.9. The molecule has 0 aliphatic heterocycles. The molecule has 2 rings (SSSR count). The molecule has 0 aliphatic carbocycles. The van der Waals surface area contributed by atoms with Crippen molar-refractivity contribution in [2.75, 3.05) is 0 Å². The summed E-state index contributed by atoms with van der Waals surface area (Å²) in [5.41, 5.74) is 0.808. The lowest BCUT2D eigenvalue weighted by atomic mass is 9.92. The first kappa shape index (κ1) is 13.7. The number of carbonyl (C=O) groups is 1. The van der Waals surface area contributed by atoms with Crippen molar-refractivity contribution < 1.29 is 15.0 Å². The Morgan fingerprint density at radius 2 is 2.00 bits per heavy atom. The molecule has 2 N–H and O–H groups in total. The zero-order chi connectivity index (χ0) is 14.4. The van der Waals surface area contributed by atoms with Gasteiger partial charge >= 0.3 is 5.97 Å². The second-order valence-corrected chi connectivity index (χ2v) is 6.11. The lowest BCUT2D eigenvalue weighted by Gasteiger charge is -2.18. The zero-order valence-electron chi connectivity index (χ0n) is 10.7. The highest BCUT2D eigenvalue weighted by atomic mass is 79.9. The lowest BCUT2D eigenvalue weighted by molar-refractivity contribution is 0.0695. The van der Waals surface area contributed by atoms with E-state index in [1.54, 1.807) is 12.3 Å². The van der Waals surface area contributed by atoms with Crippen molar-refractivity contribution in [3.8, 4) is 5.75 Å². The molecule has 1 heterocycles. The Morgan fingerprint density at radius 3 is 2.53 bits per heavy atom. The van der Waals surface area contributed by atoms with Gasteiger partial charge in [0.2, 0.25) is 0 Å². The van der Waals surface area contributed by atoms with E-state index in [9.17, 15) is 15.0 Å². The molecule has 0 radical (unpaired) electrons. The summed E-state index contributed by atoms with van der Waals surface area (Å²) in [6.07, 6.45) is 1.62. The molecular formula is C13H13BrN2O3. The van der Waals surface area contributed by atoms with Gasteiger partial charge in [-0.15, -0.1) is 0 Å². The van der Waals surface area contributed by atoms with Crippen LogP contribution < -0.4 is 0 Å². The summed E-state index contributed by atoms with van der Waals surface area (Å²) >= 11 is 3.11. The summed E-state index contributed by atoms with van der Waals surface area (Å²) in [5.74, 6) is -1.57. The van der Waals surface area contributed by atoms with Gasteiger partial charge in [-0.2, -0.15) is 0 Å². The number of benzene rings is 1. The number of fused-ring (bicyclic) bond motifs is 1. The molecule has 2 aromatic rings. The van der Waals surface area contributed by atoms with Crippen LogP contribution in [-0.4, -0.2) is 26.2 Å². The number of hydrogen-bond acceptors (Lipinski definition) is 4. The van der Waals surface area contributed by atoms with Crippen LogP contribution in [-0.2, 0) is 5.41 Å². The van der Waals surface area contributed by atoms with Crippen molar-refractivity contribution in [2.45, 2.75) is 26.2 Å². The highest BCUT2D eigenvalue weighted by molar-refractivity contribution is 9.10. The number of carboxylic acids is 1.